The van der Waals surface area contributed by atoms with Crippen LogP contribution in [-0.4, -0.2) is 59.6 Å². The number of aryl methyl sites for hydroxylation is 1. The molecule has 2 heterocycles. The van der Waals surface area contributed by atoms with E-state index < -0.39 is 0 Å². The molecule has 2 amide bonds. The zero-order valence-electron chi connectivity index (χ0n) is 16.4. The minimum absolute atomic E-state index is 0.117. The highest BCUT2D eigenvalue weighted by molar-refractivity contribution is 5.92. The predicted octanol–water partition coefficient (Wildman–Crippen LogP) is 2.92. The van der Waals surface area contributed by atoms with Gasteiger partial charge in [-0.3, -0.25) is 4.79 Å². The van der Waals surface area contributed by atoms with Gasteiger partial charge >= 0.3 is 6.09 Å². The number of anilines is 1. The van der Waals surface area contributed by atoms with Crippen LogP contribution in [0.5, 0.6) is 0 Å². The molecule has 1 aliphatic rings. The summed E-state index contributed by atoms with van der Waals surface area (Å²) in [6.45, 7) is 6.83. The lowest BCUT2D eigenvalue weighted by Gasteiger charge is -2.33. The van der Waals surface area contributed by atoms with Gasteiger partial charge < -0.3 is 19.9 Å². The van der Waals surface area contributed by atoms with E-state index in [0.29, 0.717) is 45.0 Å². The van der Waals surface area contributed by atoms with Crippen molar-refractivity contribution in [3.8, 4) is 0 Å². The molecule has 0 unspecified atom stereocenters. The van der Waals surface area contributed by atoms with E-state index in [4.69, 9.17) is 4.74 Å². The van der Waals surface area contributed by atoms with Crippen LogP contribution >= 0.6 is 0 Å². The Morgan fingerprint density at radius 2 is 1.79 bits per heavy atom. The number of piperazine rings is 1. The maximum atomic E-state index is 12.6. The molecule has 1 saturated heterocycles. The van der Waals surface area contributed by atoms with Gasteiger partial charge in [-0.25, -0.2) is 9.78 Å². The minimum atomic E-state index is -0.322. The molecule has 1 aromatic heterocycles. The first-order valence-electron chi connectivity index (χ1n) is 9.54. The van der Waals surface area contributed by atoms with Gasteiger partial charge in [0.25, 0.3) is 5.91 Å². The number of aromatic nitrogens is 1. The number of pyridine rings is 1. The molecular weight excluding hydrogens is 356 g/mol. The van der Waals surface area contributed by atoms with Crippen LogP contribution in [0, 0.1) is 6.92 Å². The Bertz CT molecular complexity index is 815. The van der Waals surface area contributed by atoms with Crippen LogP contribution in [0.15, 0.2) is 42.6 Å². The van der Waals surface area contributed by atoms with Crippen molar-refractivity contribution in [1.82, 2.24) is 14.8 Å². The lowest BCUT2D eigenvalue weighted by atomic mass is 10.1. The highest BCUT2D eigenvalue weighted by Crippen LogP contribution is 2.13. The fourth-order valence-corrected chi connectivity index (χ4v) is 3.10. The van der Waals surface area contributed by atoms with Crippen molar-refractivity contribution in [3.63, 3.8) is 0 Å². The van der Waals surface area contributed by atoms with E-state index in [-0.39, 0.29) is 12.0 Å². The number of benzene rings is 1. The van der Waals surface area contributed by atoms with Crippen LogP contribution in [-0.2, 0) is 11.3 Å². The van der Waals surface area contributed by atoms with Gasteiger partial charge in [0.05, 0.1) is 18.5 Å². The third kappa shape index (κ3) is 4.79. The molecule has 0 bridgehead atoms. The molecule has 1 fully saturated rings. The van der Waals surface area contributed by atoms with E-state index in [1.54, 1.807) is 29.0 Å². The van der Waals surface area contributed by atoms with Gasteiger partial charge in [-0.05, 0) is 37.1 Å². The van der Waals surface area contributed by atoms with Crippen molar-refractivity contribution in [2.45, 2.75) is 20.4 Å². The van der Waals surface area contributed by atoms with Gasteiger partial charge in [0, 0.05) is 32.7 Å². The lowest BCUT2D eigenvalue weighted by Crippen LogP contribution is -2.50. The zero-order chi connectivity index (χ0) is 19.9. The number of hydrogen-bond donors (Lipinski definition) is 1. The zero-order valence-corrected chi connectivity index (χ0v) is 16.4. The highest BCUT2D eigenvalue weighted by atomic mass is 16.6. The predicted molar refractivity (Wildman–Crippen MR) is 107 cm³/mol. The molecular formula is C21H26N4O3. The summed E-state index contributed by atoms with van der Waals surface area (Å²) in [5.41, 5.74) is 3.73. The topological polar surface area (TPSA) is 74.8 Å². The van der Waals surface area contributed by atoms with E-state index in [2.05, 4.69) is 29.4 Å². The molecule has 1 N–H and O–H groups in total. The van der Waals surface area contributed by atoms with Crippen molar-refractivity contribution in [2.24, 2.45) is 0 Å². The summed E-state index contributed by atoms with van der Waals surface area (Å²) in [6, 6.07) is 11.8. The molecule has 0 aliphatic carbocycles. The molecule has 0 spiro atoms. The fraction of sp³-hybridized carbons (Fsp3) is 0.381. The summed E-state index contributed by atoms with van der Waals surface area (Å²) < 4.78 is 5.00. The first-order valence-corrected chi connectivity index (χ1v) is 9.54. The summed E-state index contributed by atoms with van der Waals surface area (Å²) in [5.74, 6) is -0.117. The summed E-state index contributed by atoms with van der Waals surface area (Å²) in [6.07, 6.45) is 1.36. The maximum absolute atomic E-state index is 12.6. The Kier molecular flexibility index (Phi) is 6.47. The molecule has 0 saturated carbocycles. The Balaban J connectivity index is 1.53. The third-order valence-electron chi connectivity index (χ3n) is 4.82. The first kappa shape index (κ1) is 19.7. The van der Waals surface area contributed by atoms with Crippen molar-refractivity contribution in [2.75, 3.05) is 38.1 Å². The third-order valence-corrected chi connectivity index (χ3v) is 4.82. The molecule has 28 heavy (non-hydrogen) atoms. The fourth-order valence-electron chi connectivity index (χ4n) is 3.10. The minimum Gasteiger partial charge on any atom is -0.450 e. The van der Waals surface area contributed by atoms with E-state index >= 15 is 0 Å². The summed E-state index contributed by atoms with van der Waals surface area (Å²) in [7, 11) is 0. The van der Waals surface area contributed by atoms with E-state index in [9.17, 15) is 9.59 Å². The highest BCUT2D eigenvalue weighted by Gasteiger charge is 2.26. The van der Waals surface area contributed by atoms with Crippen LogP contribution < -0.4 is 5.32 Å². The van der Waals surface area contributed by atoms with E-state index in [1.807, 2.05) is 18.2 Å². The molecule has 7 nitrogen and oxygen atoms in total. The average Bonchev–Trinajstić information content (AvgIpc) is 2.73. The normalized spacial score (nSPS) is 13.9. The number of rotatable bonds is 5. The number of carbonyl (C=O) groups excluding carboxylic acids is 2. The van der Waals surface area contributed by atoms with Gasteiger partial charge in [0.15, 0.2) is 0 Å². The van der Waals surface area contributed by atoms with E-state index in [0.717, 1.165) is 5.69 Å². The Morgan fingerprint density at radius 3 is 2.43 bits per heavy atom. The van der Waals surface area contributed by atoms with Gasteiger partial charge in [-0.2, -0.15) is 0 Å². The molecule has 0 radical (unpaired) electrons. The van der Waals surface area contributed by atoms with Crippen LogP contribution in [0.25, 0.3) is 0 Å². The smallest absolute Gasteiger partial charge is 0.409 e. The average molecular weight is 382 g/mol. The Labute approximate surface area is 165 Å². The van der Waals surface area contributed by atoms with Gasteiger partial charge in [-0.15, -0.1) is 0 Å². The Hall–Kier alpha value is -3.09. The maximum Gasteiger partial charge on any atom is 0.409 e. The van der Waals surface area contributed by atoms with Crippen LogP contribution in [0.2, 0.25) is 0 Å². The van der Waals surface area contributed by atoms with Gasteiger partial charge in [0.2, 0.25) is 0 Å². The Morgan fingerprint density at radius 1 is 1.07 bits per heavy atom. The second-order valence-electron chi connectivity index (χ2n) is 6.69. The van der Waals surface area contributed by atoms with Crippen LogP contribution in [0.3, 0.4) is 0 Å². The molecule has 1 aliphatic heterocycles. The molecule has 3 rings (SSSR count). The summed E-state index contributed by atoms with van der Waals surface area (Å²) in [4.78, 5) is 32.1. The molecule has 7 heteroatoms. The van der Waals surface area contributed by atoms with Crippen molar-refractivity contribution in [3.05, 3.63) is 59.4 Å². The molecule has 1 aromatic carbocycles. The summed E-state index contributed by atoms with van der Waals surface area (Å²) in [5, 5.41) is 3.33. The monoisotopic (exact) mass is 382 g/mol. The number of ether oxygens (including phenoxy) is 1. The van der Waals surface area contributed by atoms with Gasteiger partial charge in [-0.1, -0.05) is 24.3 Å². The largest absolute Gasteiger partial charge is 0.450 e. The quantitative estimate of drug-likeness (QED) is 0.861. The van der Waals surface area contributed by atoms with Crippen molar-refractivity contribution >= 4 is 17.7 Å². The second kappa shape index (κ2) is 9.21. The lowest BCUT2D eigenvalue weighted by molar-refractivity contribution is 0.0566. The SMILES string of the molecule is CCOC(=O)N1CCN(C(=O)c2ccc(NCc3ccccc3C)cn2)CC1. The number of nitrogens with zero attached hydrogens (tertiary/aromatic N) is 3. The number of carbonyl (C=O) groups is 2. The standard InChI is InChI=1S/C21H26N4O3/c1-3-28-21(27)25-12-10-24(11-13-25)20(26)19-9-8-18(15-23-19)22-14-17-7-5-4-6-16(17)2/h4-9,15,22H,3,10-14H2,1-2H3. The van der Waals surface area contributed by atoms with Crippen LogP contribution in [0.4, 0.5) is 10.5 Å². The molecule has 0 atom stereocenters. The van der Waals surface area contributed by atoms with E-state index in [1.165, 1.54) is 11.1 Å². The van der Waals surface area contributed by atoms with Gasteiger partial charge in [0.1, 0.15) is 5.69 Å². The number of amides is 2. The molecule has 148 valence electrons. The second-order valence-corrected chi connectivity index (χ2v) is 6.69. The van der Waals surface area contributed by atoms with Crippen molar-refractivity contribution in [1.29, 1.82) is 0 Å². The molecule has 2 aromatic rings. The van der Waals surface area contributed by atoms with Crippen molar-refractivity contribution < 1.29 is 14.3 Å². The number of nitrogens with one attached hydrogen (secondary N) is 1. The van der Waals surface area contributed by atoms with Crippen LogP contribution in [0.1, 0.15) is 28.5 Å². The summed E-state index contributed by atoms with van der Waals surface area (Å²) >= 11 is 0. The number of hydrogen-bond acceptors (Lipinski definition) is 5. The first-order chi connectivity index (χ1) is 13.6.